The number of benzene rings is 3. The number of amides is 3. The smallest absolute Gasteiger partial charge is 0.262 e. The van der Waals surface area contributed by atoms with Crippen LogP contribution in [-0.4, -0.2) is 28.7 Å². The van der Waals surface area contributed by atoms with Crippen molar-refractivity contribution in [3.8, 4) is 0 Å². The summed E-state index contributed by atoms with van der Waals surface area (Å²) in [4.78, 5) is 40.1. The normalized spacial score (nSPS) is 14.0. The molecular weight excluding hydrogens is 376 g/mol. The predicted octanol–water partition coefficient (Wildman–Crippen LogP) is 3.97. The van der Waals surface area contributed by atoms with Crippen LogP contribution in [-0.2, 0) is 4.79 Å². The second kappa shape index (κ2) is 8.33. The van der Waals surface area contributed by atoms with Gasteiger partial charge in [0.1, 0.15) is 6.04 Å². The van der Waals surface area contributed by atoms with Crippen LogP contribution in [0.25, 0.3) is 0 Å². The molecule has 0 unspecified atom stereocenters. The van der Waals surface area contributed by atoms with Crippen molar-refractivity contribution < 1.29 is 14.4 Å². The van der Waals surface area contributed by atoms with Crippen molar-refractivity contribution in [3.63, 3.8) is 0 Å². The minimum Gasteiger partial charge on any atom is -0.343 e. The van der Waals surface area contributed by atoms with Crippen molar-refractivity contribution in [1.82, 2.24) is 10.2 Å². The maximum absolute atomic E-state index is 13.3. The molecule has 150 valence electrons. The largest absolute Gasteiger partial charge is 0.343 e. The van der Waals surface area contributed by atoms with Crippen molar-refractivity contribution in [2.45, 2.75) is 25.4 Å². The molecule has 0 saturated carbocycles. The first kappa shape index (κ1) is 19.6. The van der Waals surface area contributed by atoms with Crippen LogP contribution < -0.4 is 5.32 Å². The number of hydrogen-bond acceptors (Lipinski definition) is 3. The Bertz CT molecular complexity index is 1010. The average Bonchev–Trinajstić information content (AvgIpc) is 3.05. The second-order valence-electron chi connectivity index (χ2n) is 7.21. The summed E-state index contributed by atoms with van der Waals surface area (Å²) in [5.74, 6) is -1.20. The second-order valence-corrected chi connectivity index (χ2v) is 7.21. The Morgan fingerprint density at radius 2 is 1.20 bits per heavy atom. The molecule has 0 fully saturated rings. The molecular formula is C25H22N2O3. The highest BCUT2D eigenvalue weighted by atomic mass is 16.2. The average molecular weight is 398 g/mol. The van der Waals surface area contributed by atoms with Crippen LogP contribution in [0.15, 0.2) is 84.9 Å². The van der Waals surface area contributed by atoms with E-state index in [1.807, 2.05) is 60.7 Å². The molecule has 1 N–H and O–H groups in total. The fraction of sp³-hybridized carbons (Fsp3) is 0.160. The lowest BCUT2D eigenvalue weighted by Gasteiger charge is -2.27. The Balaban J connectivity index is 1.64. The third kappa shape index (κ3) is 3.50. The number of carbonyl (C=O) groups is 3. The Morgan fingerprint density at radius 1 is 0.767 bits per heavy atom. The maximum Gasteiger partial charge on any atom is 0.262 e. The Labute approximate surface area is 175 Å². The number of hydrogen-bond donors (Lipinski definition) is 1. The molecule has 0 saturated heterocycles. The predicted molar refractivity (Wildman–Crippen MR) is 114 cm³/mol. The molecule has 1 atom stereocenters. The number of fused-ring (bicyclic) bond motifs is 1. The van der Waals surface area contributed by atoms with Gasteiger partial charge in [0, 0.05) is 0 Å². The first-order valence-electron chi connectivity index (χ1n) is 9.99. The van der Waals surface area contributed by atoms with E-state index in [0.29, 0.717) is 17.5 Å². The Kier molecular flexibility index (Phi) is 5.44. The summed E-state index contributed by atoms with van der Waals surface area (Å²) in [5.41, 5.74) is 2.54. The number of nitrogens with one attached hydrogen (secondary N) is 1. The minimum atomic E-state index is -0.882. The van der Waals surface area contributed by atoms with Crippen molar-refractivity contribution in [3.05, 3.63) is 107 Å². The van der Waals surface area contributed by atoms with E-state index in [9.17, 15) is 14.4 Å². The molecule has 5 heteroatoms. The summed E-state index contributed by atoms with van der Waals surface area (Å²) >= 11 is 0. The molecule has 1 heterocycles. The molecule has 30 heavy (non-hydrogen) atoms. The zero-order valence-electron chi connectivity index (χ0n) is 16.6. The molecule has 1 aliphatic rings. The molecule has 5 nitrogen and oxygen atoms in total. The van der Waals surface area contributed by atoms with Gasteiger partial charge >= 0.3 is 0 Å². The van der Waals surface area contributed by atoms with Gasteiger partial charge in [0.15, 0.2) is 0 Å². The first-order chi connectivity index (χ1) is 14.6. The van der Waals surface area contributed by atoms with E-state index in [2.05, 4.69) is 5.32 Å². The summed E-state index contributed by atoms with van der Waals surface area (Å²) in [5, 5.41) is 3.06. The summed E-state index contributed by atoms with van der Waals surface area (Å²) in [7, 11) is 0. The van der Waals surface area contributed by atoms with E-state index in [-0.39, 0.29) is 11.9 Å². The van der Waals surface area contributed by atoms with Crippen molar-refractivity contribution in [2.75, 3.05) is 0 Å². The molecule has 4 rings (SSSR count). The van der Waals surface area contributed by atoms with Crippen LogP contribution in [0.3, 0.4) is 0 Å². The zero-order chi connectivity index (χ0) is 21.1. The van der Waals surface area contributed by atoms with Gasteiger partial charge in [0.25, 0.3) is 11.8 Å². The molecule has 0 aromatic heterocycles. The fourth-order valence-corrected chi connectivity index (χ4v) is 3.86. The fourth-order valence-electron chi connectivity index (χ4n) is 3.86. The zero-order valence-corrected chi connectivity index (χ0v) is 16.6. The van der Waals surface area contributed by atoms with Gasteiger partial charge in [-0.05, 0) is 29.7 Å². The molecule has 0 aliphatic carbocycles. The minimum absolute atomic E-state index is 0.327. The highest BCUT2D eigenvalue weighted by molar-refractivity contribution is 6.22. The van der Waals surface area contributed by atoms with Gasteiger partial charge in [-0.1, -0.05) is 79.7 Å². The molecule has 3 aromatic rings. The summed E-state index contributed by atoms with van der Waals surface area (Å²) in [6.45, 7) is 1.80. The van der Waals surface area contributed by atoms with E-state index in [1.54, 1.807) is 31.2 Å². The number of nitrogens with zero attached hydrogens (tertiary/aromatic N) is 1. The molecule has 3 aromatic carbocycles. The lowest BCUT2D eigenvalue weighted by molar-refractivity contribution is -0.125. The van der Waals surface area contributed by atoms with Crippen LogP contribution in [0, 0.1) is 0 Å². The van der Waals surface area contributed by atoms with E-state index in [0.717, 1.165) is 16.0 Å². The number of carbonyl (C=O) groups excluding carboxylic acids is 3. The Hall–Kier alpha value is -3.73. The highest BCUT2D eigenvalue weighted by Gasteiger charge is 2.42. The monoisotopic (exact) mass is 398 g/mol. The van der Waals surface area contributed by atoms with Crippen molar-refractivity contribution in [1.29, 1.82) is 0 Å². The summed E-state index contributed by atoms with van der Waals surface area (Å²) < 4.78 is 0. The molecule has 0 radical (unpaired) electrons. The van der Waals surface area contributed by atoms with E-state index in [4.69, 9.17) is 0 Å². The van der Waals surface area contributed by atoms with Crippen molar-refractivity contribution in [2.24, 2.45) is 0 Å². The third-order valence-corrected chi connectivity index (χ3v) is 5.38. The van der Waals surface area contributed by atoms with Gasteiger partial charge in [0.05, 0.1) is 17.2 Å². The van der Waals surface area contributed by atoms with Crippen LogP contribution >= 0.6 is 0 Å². The van der Waals surface area contributed by atoms with Gasteiger partial charge in [-0.25, -0.2) is 0 Å². The van der Waals surface area contributed by atoms with Crippen LogP contribution in [0.5, 0.6) is 0 Å². The third-order valence-electron chi connectivity index (χ3n) is 5.38. The Morgan fingerprint density at radius 3 is 1.63 bits per heavy atom. The van der Waals surface area contributed by atoms with Gasteiger partial charge in [0.2, 0.25) is 5.91 Å². The first-order valence-corrected chi connectivity index (χ1v) is 9.99. The molecule has 3 amide bonds. The van der Waals surface area contributed by atoms with E-state index < -0.39 is 17.9 Å². The van der Waals surface area contributed by atoms with Gasteiger partial charge in [-0.3, -0.25) is 19.3 Å². The number of imide groups is 1. The van der Waals surface area contributed by atoms with Gasteiger partial charge in [-0.15, -0.1) is 0 Å². The van der Waals surface area contributed by atoms with E-state index in [1.165, 1.54) is 0 Å². The lowest BCUT2D eigenvalue weighted by Crippen LogP contribution is -2.50. The summed E-state index contributed by atoms with van der Waals surface area (Å²) in [6, 6.07) is 24.7. The summed E-state index contributed by atoms with van der Waals surface area (Å²) in [6.07, 6.45) is 0.327. The molecule has 0 spiro atoms. The van der Waals surface area contributed by atoms with Gasteiger partial charge < -0.3 is 5.32 Å². The highest BCUT2D eigenvalue weighted by Crippen LogP contribution is 2.27. The standard InChI is InChI=1S/C25H22N2O3/c1-2-21(27-24(29)19-15-9-10-16-20(19)25(27)30)23(28)26-22(17-11-5-3-6-12-17)18-13-7-4-8-14-18/h3-16,21-22H,2H2,1H3,(H,26,28)/t21-/m1/s1. The SMILES string of the molecule is CC[C@H](C(=O)NC(c1ccccc1)c1ccccc1)N1C(=O)c2ccccc2C1=O. The van der Waals surface area contributed by atoms with Crippen LogP contribution in [0.1, 0.15) is 51.2 Å². The van der Waals surface area contributed by atoms with Crippen LogP contribution in [0.2, 0.25) is 0 Å². The quantitative estimate of drug-likeness (QED) is 0.639. The maximum atomic E-state index is 13.3. The topological polar surface area (TPSA) is 66.5 Å². The van der Waals surface area contributed by atoms with E-state index >= 15 is 0 Å². The molecule has 0 bridgehead atoms. The number of rotatable bonds is 6. The van der Waals surface area contributed by atoms with Crippen LogP contribution in [0.4, 0.5) is 0 Å². The van der Waals surface area contributed by atoms with Crippen molar-refractivity contribution >= 4 is 17.7 Å². The molecule has 1 aliphatic heterocycles. The lowest BCUT2D eigenvalue weighted by atomic mass is 9.98. The van der Waals surface area contributed by atoms with Gasteiger partial charge in [-0.2, -0.15) is 0 Å².